The van der Waals surface area contributed by atoms with Crippen LogP contribution in [0.3, 0.4) is 0 Å². The van der Waals surface area contributed by atoms with Gasteiger partial charge in [0, 0.05) is 52.0 Å². The van der Waals surface area contributed by atoms with Crippen LogP contribution in [0.2, 0.25) is 0 Å². The second-order valence-corrected chi connectivity index (χ2v) is 6.16. The summed E-state index contributed by atoms with van der Waals surface area (Å²) in [6.45, 7) is 11.8. The Morgan fingerprint density at radius 1 is 1.08 bits per heavy atom. The summed E-state index contributed by atoms with van der Waals surface area (Å²) in [4.78, 5) is 4.58. The lowest BCUT2D eigenvalue weighted by Crippen LogP contribution is -2.38. The van der Waals surface area contributed by atoms with Gasteiger partial charge in [0.1, 0.15) is 0 Å². The number of guanidine groups is 1. The van der Waals surface area contributed by atoms with Gasteiger partial charge in [-0.05, 0) is 32.6 Å². The maximum atomic E-state index is 5.70. The van der Waals surface area contributed by atoms with Crippen molar-refractivity contribution in [1.82, 2.24) is 10.6 Å². The molecule has 0 bridgehead atoms. The Balaban J connectivity index is 1.99. The third-order valence-corrected chi connectivity index (χ3v) is 3.84. The van der Waals surface area contributed by atoms with Gasteiger partial charge in [0.15, 0.2) is 5.96 Å². The van der Waals surface area contributed by atoms with Crippen LogP contribution in [0.5, 0.6) is 0 Å². The minimum atomic E-state index is 0.590. The number of hydrogen-bond acceptors (Lipinski definition) is 4. The lowest BCUT2D eigenvalue weighted by Gasteiger charge is -2.12. The van der Waals surface area contributed by atoms with Crippen LogP contribution >= 0.6 is 0 Å². The molecular formula is C18H37N3O3. The molecule has 24 heavy (non-hydrogen) atoms. The molecule has 1 atom stereocenters. The Morgan fingerprint density at radius 2 is 1.92 bits per heavy atom. The largest absolute Gasteiger partial charge is 0.381 e. The summed E-state index contributed by atoms with van der Waals surface area (Å²) < 4.78 is 16.6. The van der Waals surface area contributed by atoms with Crippen LogP contribution in [-0.2, 0) is 14.2 Å². The van der Waals surface area contributed by atoms with Gasteiger partial charge in [0.2, 0.25) is 0 Å². The van der Waals surface area contributed by atoms with Gasteiger partial charge in [-0.15, -0.1) is 0 Å². The molecule has 0 aromatic carbocycles. The predicted molar refractivity (Wildman–Crippen MR) is 98.7 cm³/mol. The summed E-state index contributed by atoms with van der Waals surface area (Å²) in [6.07, 6.45) is 5.42. The van der Waals surface area contributed by atoms with Gasteiger partial charge in [-0.2, -0.15) is 0 Å². The van der Waals surface area contributed by atoms with Crippen molar-refractivity contribution in [2.75, 3.05) is 59.3 Å². The SMILES string of the molecule is CCCCOCCCNC(=NCCCOCC1CCOC1)NCC. The molecule has 6 nitrogen and oxygen atoms in total. The average molecular weight is 344 g/mol. The van der Waals surface area contributed by atoms with Crippen molar-refractivity contribution in [3.8, 4) is 0 Å². The number of rotatable bonds is 14. The number of ether oxygens (including phenoxy) is 3. The molecule has 0 aliphatic carbocycles. The van der Waals surface area contributed by atoms with E-state index in [1.807, 2.05) is 0 Å². The minimum absolute atomic E-state index is 0.590. The van der Waals surface area contributed by atoms with E-state index in [0.717, 1.165) is 90.9 Å². The maximum Gasteiger partial charge on any atom is 0.191 e. The van der Waals surface area contributed by atoms with E-state index >= 15 is 0 Å². The molecule has 1 rings (SSSR count). The Hall–Kier alpha value is -0.850. The van der Waals surface area contributed by atoms with Gasteiger partial charge >= 0.3 is 0 Å². The molecule has 0 saturated carbocycles. The number of unbranched alkanes of at least 4 members (excludes halogenated alkanes) is 1. The van der Waals surface area contributed by atoms with Crippen LogP contribution in [0.1, 0.15) is 46.0 Å². The van der Waals surface area contributed by atoms with Gasteiger partial charge in [0.05, 0.1) is 13.2 Å². The molecule has 1 heterocycles. The van der Waals surface area contributed by atoms with Gasteiger partial charge in [-0.3, -0.25) is 4.99 Å². The number of aliphatic imine (C=N–C) groups is 1. The summed E-state index contributed by atoms with van der Waals surface area (Å²) in [5, 5.41) is 6.62. The average Bonchev–Trinajstić information content (AvgIpc) is 3.10. The maximum absolute atomic E-state index is 5.70. The zero-order valence-corrected chi connectivity index (χ0v) is 15.6. The van der Waals surface area contributed by atoms with Gasteiger partial charge < -0.3 is 24.8 Å². The Labute approximate surface area is 147 Å². The molecule has 0 spiro atoms. The molecule has 0 aromatic heterocycles. The zero-order chi connectivity index (χ0) is 17.3. The highest BCUT2D eigenvalue weighted by atomic mass is 16.5. The van der Waals surface area contributed by atoms with Crippen LogP contribution in [0.25, 0.3) is 0 Å². The minimum Gasteiger partial charge on any atom is -0.381 e. The van der Waals surface area contributed by atoms with Gasteiger partial charge in [0.25, 0.3) is 0 Å². The third kappa shape index (κ3) is 11.6. The first-order chi connectivity index (χ1) is 11.9. The van der Waals surface area contributed by atoms with Crippen LogP contribution in [0.4, 0.5) is 0 Å². The van der Waals surface area contributed by atoms with Gasteiger partial charge in [-0.1, -0.05) is 13.3 Å². The quantitative estimate of drug-likeness (QED) is 0.288. The predicted octanol–water partition coefficient (Wildman–Crippen LogP) is 2.19. The fourth-order valence-electron chi connectivity index (χ4n) is 2.39. The van der Waals surface area contributed by atoms with E-state index in [2.05, 4.69) is 29.5 Å². The number of nitrogens with zero attached hydrogens (tertiary/aromatic N) is 1. The number of hydrogen-bond donors (Lipinski definition) is 2. The second kappa shape index (κ2) is 15.7. The molecule has 6 heteroatoms. The van der Waals surface area contributed by atoms with E-state index in [9.17, 15) is 0 Å². The molecule has 2 N–H and O–H groups in total. The van der Waals surface area contributed by atoms with Crippen LogP contribution in [-0.4, -0.2) is 65.2 Å². The summed E-state index contributed by atoms with van der Waals surface area (Å²) in [7, 11) is 0. The normalized spacial score (nSPS) is 18.1. The van der Waals surface area contributed by atoms with E-state index in [1.165, 1.54) is 6.42 Å². The van der Waals surface area contributed by atoms with Crippen molar-refractivity contribution >= 4 is 5.96 Å². The van der Waals surface area contributed by atoms with E-state index in [-0.39, 0.29) is 0 Å². The third-order valence-electron chi connectivity index (χ3n) is 3.84. The topological polar surface area (TPSA) is 64.1 Å². The fourth-order valence-corrected chi connectivity index (χ4v) is 2.39. The standard InChI is InChI=1S/C18H37N3O3/c1-3-5-11-22-12-6-9-20-18(19-4-2)21-10-7-13-23-15-17-8-14-24-16-17/h17H,3-16H2,1-2H3,(H2,19,20,21). The Morgan fingerprint density at radius 3 is 2.67 bits per heavy atom. The Bertz CT molecular complexity index is 308. The van der Waals surface area contributed by atoms with Crippen LogP contribution < -0.4 is 10.6 Å². The van der Waals surface area contributed by atoms with E-state index in [0.29, 0.717) is 5.92 Å². The van der Waals surface area contributed by atoms with E-state index in [1.54, 1.807) is 0 Å². The second-order valence-electron chi connectivity index (χ2n) is 6.16. The first kappa shape index (κ1) is 21.2. The highest BCUT2D eigenvalue weighted by Crippen LogP contribution is 2.12. The smallest absolute Gasteiger partial charge is 0.191 e. The molecule has 1 aliphatic rings. The summed E-state index contributed by atoms with van der Waals surface area (Å²) in [6, 6.07) is 0. The van der Waals surface area contributed by atoms with Crippen molar-refractivity contribution in [3.05, 3.63) is 0 Å². The van der Waals surface area contributed by atoms with E-state index < -0.39 is 0 Å². The van der Waals surface area contributed by atoms with Crippen molar-refractivity contribution < 1.29 is 14.2 Å². The van der Waals surface area contributed by atoms with Crippen LogP contribution in [0.15, 0.2) is 4.99 Å². The molecule has 1 fully saturated rings. The molecular weight excluding hydrogens is 306 g/mol. The highest BCUT2D eigenvalue weighted by Gasteiger charge is 2.15. The zero-order valence-electron chi connectivity index (χ0n) is 15.6. The molecule has 0 amide bonds. The molecule has 1 saturated heterocycles. The molecule has 0 radical (unpaired) electrons. The van der Waals surface area contributed by atoms with Gasteiger partial charge in [-0.25, -0.2) is 0 Å². The summed E-state index contributed by atoms with van der Waals surface area (Å²) in [5.74, 6) is 1.47. The molecule has 142 valence electrons. The van der Waals surface area contributed by atoms with Crippen molar-refractivity contribution in [3.63, 3.8) is 0 Å². The van der Waals surface area contributed by atoms with Crippen molar-refractivity contribution in [2.24, 2.45) is 10.9 Å². The lowest BCUT2D eigenvalue weighted by molar-refractivity contribution is 0.0893. The summed E-state index contributed by atoms with van der Waals surface area (Å²) in [5.41, 5.74) is 0. The highest BCUT2D eigenvalue weighted by molar-refractivity contribution is 5.79. The Kier molecular flexibility index (Phi) is 13.8. The van der Waals surface area contributed by atoms with Crippen LogP contribution in [0, 0.1) is 5.92 Å². The molecule has 0 aromatic rings. The van der Waals surface area contributed by atoms with Crippen molar-refractivity contribution in [1.29, 1.82) is 0 Å². The number of nitrogens with one attached hydrogen (secondary N) is 2. The first-order valence-corrected chi connectivity index (χ1v) is 9.62. The lowest BCUT2D eigenvalue weighted by atomic mass is 10.1. The fraction of sp³-hybridized carbons (Fsp3) is 0.944. The molecule has 1 aliphatic heterocycles. The van der Waals surface area contributed by atoms with Crippen molar-refractivity contribution in [2.45, 2.75) is 46.0 Å². The van der Waals surface area contributed by atoms with E-state index in [4.69, 9.17) is 14.2 Å². The summed E-state index contributed by atoms with van der Waals surface area (Å²) >= 11 is 0. The first-order valence-electron chi connectivity index (χ1n) is 9.62. The monoisotopic (exact) mass is 343 g/mol. The molecule has 1 unspecified atom stereocenters.